The minimum Gasteiger partial charge on any atom is -0.341 e. The summed E-state index contributed by atoms with van der Waals surface area (Å²) in [5, 5.41) is 6.21. The van der Waals surface area contributed by atoms with Crippen molar-refractivity contribution >= 4 is 33.3 Å². The predicted molar refractivity (Wildman–Crippen MR) is 82.1 cm³/mol. The topological polar surface area (TPSA) is 98.8 Å². The number of hydrogen-bond donors (Lipinski definition) is 2. The van der Waals surface area contributed by atoms with E-state index in [0.717, 1.165) is 0 Å². The zero-order valence-electron chi connectivity index (χ0n) is 12.1. The van der Waals surface area contributed by atoms with E-state index in [0.29, 0.717) is 30.4 Å². The van der Waals surface area contributed by atoms with Crippen LogP contribution < -0.4 is 10.6 Å². The van der Waals surface area contributed by atoms with Gasteiger partial charge in [-0.05, 0) is 11.4 Å². The van der Waals surface area contributed by atoms with Crippen LogP contribution in [0.3, 0.4) is 0 Å². The molecule has 22 heavy (non-hydrogen) atoms. The first-order valence-corrected chi connectivity index (χ1v) is 9.03. The van der Waals surface area contributed by atoms with Gasteiger partial charge >= 0.3 is 6.03 Å². The van der Waals surface area contributed by atoms with Crippen molar-refractivity contribution in [3.8, 4) is 0 Å². The average Bonchev–Trinajstić information content (AvgIpc) is 3.02. The molecular formula is C12H18N4O4S2. The van der Waals surface area contributed by atoms with E-state index in [-0.39, 0.29) is 6.54 Å². The molecule has 10 heteroatoms. The van der Waals surface area contributed by atoms with Gasteiger partial charge in [-0.25, -0.2) is 13.2 Å². The summed E-state index contributed by atoms with van der Waals surface area (Å²) in [5.74, 6) is -0.408. The Balaban J connectivity index is 1.86. The molecule has 1 aromatic rings. The zero-order valence-corrected chi connectivity index (χ0v) is 13.7. The van der Waals surface area contributed by atoms with Crippen LogP contribution in [0.1, 0.15) is 0 Å². The van der Waals surface area contributed by atoms with E-state index in [2.05, 4.69) is 10.6 Å². The molecule has 1 aliphatic rings. The second-order valence-corrected chi connectivity index (χ2v) is 7.85. The van der Waals surface area contributed by atoms with Crippen molar-refractivity contribution in [1.29, 1.82) is 0 Å². The highest BCUT2D eigenvalue weighted by atomic mass is 32.2. The van der Waals surface area contributed by atoms with Gasteiger partial charge in [-0.2, -0.15) is 4.31 Å². The molecule has 3 amide bonds. The number of amides is 3. The Morgan fingerprint density at radius 2 is 1.95 bits per heavy atom. The van der Waals surface area contributed by atoms with Gasteiger partial charge < -0.3 is 5.32 Å². The molecular weight excluding hydrogens is 328 g/mol. The first-order valence-electron chi connectivity index (χ1n) is 6.71. The van der Waals surface area contributed by atoms with E-state index in [1.807, 2.05) is 4.90 Å². The SMILES string of the molecule is CNC(=O)NC(=O)CN1CCN(S(=O)(=O)c2cccs2)CC1. The lowest BCUT2D eigenvalue weighted by Crippen LogP contribution is -2.51. The zero-order chi connectivity index (χ0) is 16.2. The van der Waals surface area contributed by atoms with Gasteiger partial charge in [0.1, 0.15) is 4.21 Å². The molecule has 1 aromatic heterocycles. The van der Waals surface area contributed by atoms with E-state index in [9.17, 15) is 18.0 Å². The number of carbonyl (C=O) groups is 2. The van der Waals surface area contributed by atoms with Crippen molar-refractivity contribution < 1.29 is 18.0 Å². The van der Waals surface area contributed by atoms with Gasteiger partial charge in [0.15, 0.2) is 0 Å². The van der Waals surface area contributed by atoms with Crippen molar-refractivity contribution in [3.05, 3.63) is 17.5 Å². The number of nitrogens with zero attached hydrogens (tertiary/aromatic N) is 2. The summed E-state index contributed by atoms with van der Waals surface area (Å²) in [5.41, 5.74) is 0. The lowest BCUT2D eigenvalue weighted by atomic mass is 10.3. The van der Waals surface area contributed by atoms with Crippen molar-refractivity contribution in [2.45, 2.75) is 4.21 Å². The Morgan fingerprint density at radius 1 is 1.27 bits per heavy atom. The number of urea groups is 1. The third-order valence-electron chi connectivity index (χ3n) is 3.27. The molecule has 0 saturated carbocycles. The largest absolute Gasteiger partial charge is 0.341 e. The van der Waals surface area contributed by atoms with Gasteiger partial charge in [-0.15, -0.1) is 11.3 Å². The molecule has 2 heterocycles. The standard InChI is InChI=1S/C12H18N4O4S2/c1-13-12(18)14-10(17)9-15-4-6-16(7-5-15)22(19,20)11-3-2-8-21-11/h2-3,8H,4-7,9H2,1H3,(H2,13,14,17,18). The molecule has 0 atom stereocenters. The molecule has 8 nitrogen and oxygen atoms in total. The molecule has 2 N–H and O–H groups in total. The van der Waals surface area contributed by atoms with Crippen LogP contribution in [0.2, 0.25) is 0 Å². The van der Waals surface area contributed by atoms with Crippen LogP contribution in [0, 0.1) is 0 Å². The molecule has 0 aliphatic carbocycles. The second-order valence-electron chi connectivity index (χ2n) is 4.74. The van der Waals surface area contributed by atoms with Crippen molar-refractivity contribution in [1.82, 2.24) is 19.8 Å². The van der Waals surface area contributed by atoms with Crippen LogP contribution in [-0.2, 0) is 14.8 Å². The monoisotopic (exact) mass is 346 g/mol. The Kier molecular flexibility index (Phi) is 5.51. The molecule has 1 aliphatic heterocycles. The number of piperazine rings is 1. The fourth-order valence-corrected chi connectivity index (χ4v) is 4.66. The van der Waals surface area contributed by atoms with Crippen LogP contribution in [0.5, 0.6) is 0 Å². The highest BCUT2D eigenvalue weighted by Crippen LogP contribution is 2.21. The summed E-state index contributed by atoms with van der Waals surface area (Å²) in [6.45, 7) is 1.62. The summed E-state index contributed by atoms with van der Waals surface area (Å²) >= 11 is 1.19. The van der Waals surface area contributed by atoms with Crippen LogP contribution in [0.15, 0.2) is 21.7 Å². The van der Waals surface area contributed by atoms with Crippen LogP contribution in [0.25, 0.3) is 0 Å². The molecule has 0 radical (unpaired) electrons. The second kappa shape index (κ2) is 7.18. The molecule has 0 bridgehead atoms. The lowest BCUT2D eigenvalue weighted by molar-refractivity contribution is -0.121. The Morgan fingerprint density at radius 3 is 2.50 bits per heavy atom. The molecule has 1 fully saturated rings. The summed E-state index contributed by atoms with van der Waals surface area (Å²) in [4.78, 5) is 24.5. The van der Waals surface area contributed by atoms with E-state index in [1.165, 1.54) is 22.7 Å². The van der Waals surface area contributed by atoms with Gasteiger partial charge in [0.05, 0.1) is 6.54 Å². The summed E-state index contributed by atoms with van der Waals surface area (Å²) in [7, 11) is -2.01. The quantitative estimate of drug-likeness (QED) is 0.766. The maximum atomic E-state index is 12.3. The van der Waals surface area contributed by atoms with E-state index >= 15 is 0 Å². The minimum absolute atomic E-state index is 0.0698. The van der Waals surface area contributed by atoms with E-state index in [1.54, 1.807) is 17.5 Å². The lowest BCUT2D eigenvalue weighted by Gasteiger charge is -2.33. The number of hydrogen-bond acceptors (Lipinski definition) is 6. The summed E-state index contributed by atoms with van der Waals surface area (Å²) in [6, 6.07) is 2.74. The maximum absolute atomic E-state index is 12.3. The van der Waals surface area contributed by atoms with E-state index in [4.69, 9.17) is 0 Å². The third-order valence-corrected chi connectivity index (χ3v) is 6.54. The molecule has 122 valence electrons. The number of imide groups is 1. The fourth-order valence-electron chi connectivity index (χ4n) is 2.10. The average molecular weight is 346 g/mol. The first-order chi connectivity index (χ1) is 10.4. The number of carbonyl (C=O) groups excluding carboxylic acids is 2. The maximum Gasteiger partial charge on any atom is 0.321 e. The Labute approximate surface area is 133 Å². The normalized spacial score (nSPS) is 17.1. The van der Waals surface area contributed by atoms with E-state index < -0.39 is 22.0 Å². The van der Waals surface area contributed by atoms with Crippen molar-refractivity contribution in [2.24, 2.45) is 0 Å². The predicted octanol–water partition coefficient (Wildman–Crippen LogP) is -0.490. The highest BCUT2D eigenvalue weighted by Gasteiger charge is 2.29. The van der Waals surface area contributed by atoms with Crippen molar-refractivity contribution in [3.63, 3.8) is 0 Å². The van der Waals surface area contributed by atoms with Gasteiger partial charge in [-0.1, -0.05) is 6.07 Å². The Bertz CT molecular complexity index is 622. The number of rotatable bonds is 4. The van der Waals surface area contributed by atoms with Crippen LogP contribution >= 0.6 is 11.3 Å². The Hall–Kier alpha value is -1.49. The molecule has 1 saturated heterocycles. The number of sulfonamides is 1. The van der Waals surface area contributed by atoms with Crippen LogP contribution in [-0.4, -0.2) is 69.3 Å². The molecule has 0 aromatic carbocycles. The third kappa shape index (κ3) is 4.03. The fraction of sp³-hybridized carbons (Fsp3) is 0.500. The van der Waals surface area contributed by atoms with Gasteiger partial charge in [-0.3, -0.25) is 15.0 Å². The molecule has 2 rings (SSSR count). The summed E-state index contributed by atoms with van der Waals surface area (Å²) in [6.07, 6.45) is 0. The summed E-state index contributed by atoms with van der Waals surface area (Å²) < 4.78 is 26.4. The number of nitrogens with one attached hydrogen (secondary N) is 2. The van der Waals surface area contributed by atoms with Crippen molar-refractivity contribution in [2.75, 3.05) is 39.8 Å². The number of thiophene rings is 1. The molecule has 0 spiro atoms. The van der Waals surface area contributed by atoms with Gasteiger partial charge in [0.25, 0.3) is 10.0 Å². The van der Waals surface area contributed by atoms with Gasteiger partial charge in [0.2, 0.25) is 5.91 Å². The highest BCUT2D eigenvalue weighted by molar-refractivity contribution is 7.91. The first kappa shape index (κ1) is 16.9. The van der Waals surface area contributed by atoms with Crippen LogP contribution in [0.4, 0.5) is 4.79 Å². The molecule has 0 unspecified atom stereocenters. The van der Waals surface area contributed by atoms with Gasteiger partial charge in [0, 0.05) is 33.2 Å². The minimum atomic E-state index is -3.43. The smallest absolute Gasteiger partial charge is 0.321 e.